The Kier molecular flexibility index (Phi) is 12.4. The van der Waals surface area contributed by atoms with Gasteiger partial charge in [0.05, 0.1) is 37.6 Å². The van der Waals surface area contributed by atoms with E-state index >= 15 is 0 Å². The summed E-state index contributed by atoms with van der Waals surface area (Å²) in [5.74, 6) is -1.30. The molecule has 2 unspecified atom stereocenters. The highest BCUT2D eigenvalue weighted by molar-refractivity contribution is 7.10. The van der Waals surface area contributed by atoms with Crippen molar-refractivity contribution in [3.8, 4) is 23.8 Å². The average Bonchev–Trinajstić information content (AvgIpc) is 3.78. The lowest BCUT2D eigenvalue weighted by molar-refractivity contribution is -0.136. The Hall–Kier alpha value is -6.21. The number of ether oxygens (including phenoxy) is 2. The fourth-order valence-corrected chi connectivity index (χ4v) is 6.92. The summed E-state index contributed by atoms with van der Waals surface area (Å²) in [6.07, 6.45) is 7.63. The molecule has 2 atom stereocenters. The second kappa shape index (κ2) is 17.3. The van der Waals surface area contributed by atoms with Crippen LogP contribution in [0.1, 0.15) is 63.7 Å². The van der Waals surface area contributed by atoms with Crippen LogP contribution in [0.5, 0.6) is 11.5 Å². The van der Waals surface area contributed by atoms with Gasteiger partial charge in [0.2, 0.25) is 23.6 Å². The van der Waals surface area contributed by atoms with Gasteiger partial charge in [-0.1, -0.05) is 12.1 Å². The fraction of sp³-hybridized carbons (Fsp3) is 0.324. The van der Waals surface area contributed by atoms with Crippen molar-refractivity contribution in [2.24, 2.45) is 0 Å². The van der Waals surface area contributed by atoms with Gasteiger partial charge >= 0.3 is 5.91 Å². The molecule has 1 aromatic heterocycles. The predicted octanol–water partition coefficient (Wildman–Crippen LogP) is 2.39. The minimum absolute atomic E-state index is 0.0372. The van der Waals surface area contributed by atoms with Crippen LogP contribution in [0.3, 0.4) is 0 Å². The van der Waals surface area contributed by atoms with Crippen LogP contribution in [-0.2, 0) is 24.0 Å². The third kappa shape index (κ3) is 8.47. The van der Waals surface area contributed by atoms with Gasteiger partial charge in [-0.25, -0.2) is 0 Å². The van der Waals surface area contributed by atoms with E-state index in [1.165, 1.54) is 31.6 Å². The zero-order valence-electron chi connectivity index (χ0n) is 29.1. The van der Waals surface area contributed by atoms with Crippen molar-refractivity contribution in [2.45, 2.75) is 44.2 Å². The first-order valence-corrected chi connectivity index (χ1v) is 17.7. The Balaban J connectivity index is 1.10. The molecule has 0 radical (unpaired) electrons. The molecule has 0 saturated carbocycles. The van der Waals surface area contributed by atoms with Gasteiger partial charge in [0.25, 0.3) is 11.8 Å². The number of rotatable bonds is 16. The van der Waals surface area contributed by atoms with Gasteiger partial charge in [-0.05, 0) is 67.3 Å². The topological polar surface area (TPSA) is 193 Å². The Morgan fingerprint density at radius 3 is 2.49 bits per heavy atom. The lowest BCUT2D eigenvalue weighted by Gasteiger charge is -2.30. The van der Waals surface area contributed by atoms with Crippen molar-refractivity contribution in [1.29, 1.82) is 0 Å². The largest absolute Gasteiger partial charge is 0.497 e. The fourth-order valence-electron chi connectivity index (χ4n) is 6.11. The maximum absolute atomic E-state index is 13.6. The first-order valence-electron chi connectivity index (χ1n) is 16.8. The molecule has 7 amide bonds. The minimum atomic E-state index is -1.19. The van der Waals surface area contributed by atoms with Crippen LogP contribution in [0.25, 0.3) is 0 Å². The first kappa shape index (κ1) is 38.0. The number of carbonyl (C=O) groups is 7. The van der Waals surface area contributed by atoms with E-state index in [-0.39, 0.29) is 42.0 Å². The summed E-state index contributed by atoms with van der Waals surface area (Å²) in [5.41, 5.74) is 1.09. The number of nitrogens with one attached hydrogen (secondary N) is 4. The van der Waals surface area contributed by atoms with Gasteiger partial charge in [0.1, 0.15) is 17.5 Å². The van der Waals surface area contributed by atoms with Gasteiger partial charge in [-0.3, -0.25) is 48.7 Å². The maximum Gasteiger partial charge on any atom is 0.303 e. The number of fused-ring (bicyclic) bond motifs is 1. The molecule has 1 saturated heterocycles. The standard InChI is InChI=1S/C37H38N6O9S/c1-4-31(46)42(25-14-13-22(51-2)20-27(25)52-3)33(28-12-9-19-53-28)35(48)40-21-30(45)39-18-7-5-6-17-38-24-11-8-10-23-32(24)37(50)43(36(23)49)26-15-16-29(44)41-34(26)47/h1,8-14,19-20,26,33,38H,5-7,15-18,21H2,2-3H3,(H,39,45)(H,40,48)(H,41,44,47). The maximum atomic E-state index is 13.6. The monoisotopic (exact) mass is 742 g/mol. The second-order valence-electron chi connectivity index (χ2n) is 12.0. The Morgan fingerprint density at radius 2 is 1.79 bits per heavy atom. The highest BCUT2D eigenvalue weighted by atomic mass is 32.1. The molecule has 3 aromatic rings. The van der Waals surface area contributed by atoms with E-state index in [1.807, 2.05) is 0 Å². The van der Waals surface area contributed by atoms with Crippen molar-refractivity contribution in [3.63, 3.8) is 0 Å². The molecule has 2 aliphatic heterocycles. The lowest BCUT2D eigenvalue weighted by Crippen LogP contribution is -2.54. The van der Waals surface area contributed by atoms with E-state index in [9.17, 15) is 33.6 Å². The normalized spacial score (nSPS) is 15.5. The van der Waals surface area contributed by atoms with Crippen molar-refractivity contribution in [3.05, 3.63) is 69.9 Å². The molecular formula is C37H38N6O9S. The molecule has 5 rings (SSSR count). The van der Waals surface area contributed by atoms with E-state index in [0.717, 1.165) is 9.80 Å². The van der Waals surface area contributed by atoms with Crippen LogP contribution in [0.2, 0.25) is 0 Å². The van der Waals surface area contributed by atoms with E-state index in [0.29, 0.717) is 48.7 Å². The zero-order chi connectivity index (χ0) is 38.1. The molecule has 15 nitrogen and oxygen atoms in total. The summed E-state index contributed by atoms with van der Waals surface area (Å²) in [7, 11) is 2.90. The smallest absolute Gasteiger partial charge is 0.303 e. The molecule has 4 N–H and O–H groups in total. The molecule has 2 aromatic carbocycles. The van der Waals surface area contributed by atoms with E-state index < -0.39 is 53.4 Å². The number of thiophene rings is 1. The number of piperidine rings is 1. The highest BCUT2D eigenvalue weighted by Gasteiger charge is 2.45. The average molecular weight is 743 g/mol. The van der Waals surface area contributed by atoms with Gasteiger partial charge in [-0.15, -0.1) is 17.8 Å². The Labute approximate surface area is 309 Å². The molecule has 0 aliphatic carbocycles. The van der Waals surface area contributed by atoms with Crippen LogP contribution in [0.4, 0.5) is 11.4 Å². The Bertz CT molecular complexity index is 1960. The summed E-state index contributed by atoms with van der Waals surface area (Å²) in [6.45, 7) is 0.459. The summed E-state index contributed by atoms with van der Waals surface area (Å²) in [4.78, 5) is 92.3. The third-order valence-electron chi connectivity index (χ3n) is 8.69. The zero-order valence-corrected chi connectivity index (χ0v) is 29.9. The highest BCUT2D eigenvalue weighted by Crippen LogP contribution is 2.38. The first-order chi connectivity index (χ1) is 25.6. The predicted molar refractivity (Wildman–Crippen MR) is 194 cm³/mol. The minimum Gasteiger partial charge on any atom is -0.497 e. The number of hydrogen-bond acceptors (Lipinski definition) is 11. The van der Waals surface area contributed by atoms with Crippen LogP contribution in [-0.4, -0.2) is 86.1 Å². The van der Waals surface area contributed by atoms with Crippen molar-refractivity contribution in [2.75, 3.05) is 44.1 Å². The van der Waals surface area contributed by atoms with Gasteiger partial charge in [0, 0.05) is 36.1 Å². The Morgan fingerprint density at radius 1 is 1.00 bits per heavy atom. The molecule has 0 bridgehead atoms. The van der Waals surface area contributed by atoms with E-state index in [1.54, 1.807) is 47.8 Å². The number of imide groups is 2. The second-order valence-corrected chi connectivity index (χ2v) is 13.0. The SMILES string of the molecule is C#CC(=O)N(c1ccc(OC)cc1OC)C(C(=O)NCC(=O)NCCCCCNc1cccc2c1C(=O)N(C1CCC(=O)NC1=O)C2=O)c1cccs1. The number of nitrogens with zero attached hydrogens (tertiary/aromatic N) is 2. The van der Waals surface area contributed by atoms with Crippen molar-refractivity contribution >= 4 is 64.1 Å². The summed E-state index contributed by atoms with van der Waals surface area (Å²) < 4.78 is 10.7. The van der Waals surface area contributed by atoms with E-state index in [4.69, 9.17) is 15.9 Å². The van der Waals surface area contributed by atoms with Crippen LogP contribution in [0.15, 0.2) is 53.9 Å². The number of anilines is 2. The molecule has 0 spiro atoms. The molecule has 1 fully saturated rings. The van der Waals surface area contributed by atoms with Crippen LogP contribution >= 0.6 is 11.3 Å². The van der Waals surface area contributed by atoms with Crippen LogP contribution < -0.4 is 35.6 Å². The third-order valence-corrected chi connectivity index (χ3v) is 9.62. The number of carbonyl (C=O) groups excluding carboxylic acids is 7. The number of unbranched alkanes of at least 4 members (excludes halogenated alkanes) is 2. The number of terminal acetylenes is 1. The molecular weight excluding hydrogens is 705 g/mol. The molecule has 2 aliphatic rings. The summed E-state index contributed by atoms with van der Waals surface area (Å²) in [6, 6.07) is 10.8. The van der Waals surface area contributed by atoms with Gasteiger partial charge < -0.3 is 25.4 Å². The van der Waals surface area contributed by atoms with Crippen molar-refractivity contribution < 1.29 is 43.0 Å². The van der Waals surface area contributed by atoms with Crippen molar-refractivity contribution in [1.82, 2.24) is 20.9 Å². The number of benzene rings is 2. The molecule has 276 valence electrons. The lowest BCUT2D eigenvalue weighted by atomic mass is 10.0. The molecule has 3 heterocycles. The van der Waals surface area contributed by atoms with E-state index in [2.05, 4.69) is 27.2 Å². The van der Waals surface area contributed by atoms with Gasteiger partial charge in [-0.2, -0.15) is 0 Å². The number of hydrogen-bond donors (Lipinski definition) is 4. The molecule has 16 heteroatoms. The molecule has 53 heavy (non-hydrogen) atoms. The summed E-state index contributed by atoms with van der Waals surface area (Å²) in [5, 5.41) is 12.5. The van der Waals surface area contributed by atoms with Crippen LogP contribution in [0, 0.1) is 12.3 Å². The quantitative estimate of drug-likeness (QED) is 0.0963. The number of amides is 7. The summed E-state index contributed by atoms with van der Waals surface area (Å²) >= 11 is 1.25. The van der Waals surface area contributed by atoms with Gasteiger partial charge in [0.15, 0.2) is 6.04 Å². The number of methoxy groups -OCH3 is 2.